The van der Waals surface area contributed by atoms with Crippen molar-refractivity contribution in [1.82, 2.24) is 4.98 Å². The third-order valence-corrected chi connectivity index (χ3v) is 3.50. The molecular weight excluding hydrogens is 248 g/mol. The number of benzene rings is 1. The van der Waals surface area contributed by atoms with Gasteiger partial charge in [-0.1, -0.05) is 0 Å². The Morgan fingerprint density at radius 1 is 1.05 bits per heavy atom. The lowest BCUT2D eigenvalue weighted by Gasteiger charge is -2.17. The van der Waals surface area contributed by atoms with Gasteiger partial charge in [-0.15, -0.1) is 0 Å². The summed E-state index contributed by atoms with van der Waals surface area (Å²) < 4.78 is 0. The first-order chi connectivity index (χ1) is 9.85. The van der Waals surface area contributed by atoms with Crippen LogP contribution >= 0.6 is 0 Å². The van der Waals surface area contributed by atoms with Gasteiger partial charge in [0.05, 0.1) is 5.56 Å². The van der Waals surface area contributed by atoms with E-state index in [0.717, 1.165) is 24.6 Å². The molecule has 2 aromatic rings. The molecule has 0 spiro atoms. The molecule has 2 heterocycles. The van der Waals surface area contributed by atoms with Crippen LogP contribution in [0.5, 0.6) is 0 Å². The van der Waals surface area contributed by atoms with Crippen molar-refractivity contribution in [2.75, 3.05) is 23.3 Å². The van der Waals surface area contributed by atoms with E-state index in [-0.39, 0.29) is 0 Å². The Bertz CT molecular complexity index is 604. The third kappa shape index (κ3) is 2.72. The minimum absolute atomic E-state index is 0.569. The lowest BCUT2D eigenvalue weighted by atomic mass is 10.2. The van der Waals surface area contributed by atoms with Crippen LogP contribution in [0.1, 0.15) is 18.4 Å². The molecular formula is C16H16N4. The molecule has 1 fully saturated rings. The second-order valence-electron chi connectivity index (χ2n) is 4.91. The summed E-state index contributed by atoms with van der Waals surface area (Å²) in [6, 6.07) is 14.0. The summed E-state index contributed by atoms with van der Waals surface area (Å²) >= 11 is 0. The monoisotopic (exact) mass is 264 g/mol. The second kappa shape index (κ2) is 5.62. The van der Waals surface area contributed by atoms with E-state index in [2.05, 4.69) is 45.5 Å². The maximum absolute atomic E-state index is 8.74. The number of hydrogen-bond donors (Lipinski definition) is 1. The van der Waals surface area contributed by atoms with Gasteiger partial charge in [0.1, 0.15) is 11.9 Å². The Morgan fingerprint density at radius 2 is 1.80 bits per heavy atom. The van der Waals surface area contributed by atoms with Gasteiger partial charge in [0.15, 0.2) is 0 Å². The molecule has 0 aliphatic carbocycles. The van der Waals surface area contributed by atoms with Crippen LogP contribution in [0.15, 0.2) is 42.6 Å². The van der Waals surface area contributed by atoms with Crippen molar-refractivity contribution < 1.29 is 0 Å². The SMILES string of the molecule is N#Cc1ccc(Nc2ccc(N3CCCC3)cc2)nc1. The Labute approximate surface area is 118 Å². The topological polar surface area (TPSA) is 52.0 Å². The van der Waals surface area contributed by atoms with Crippen LogP contribution in [-0.2, 0) is 0 Å². The summed E-state index contributed by atoms with van der Waals surface area (Å²) in [7, 11) is 0. The first kappa shape index (κ1) is 12.5. The molecule has 1 aliphatic rings. The quantitative estimate of drug-likeness (QED) is 0.924. The molecule has 0 amide bonds. The van der Waals surface area contributed by atoms with Crippen molar-refractivity contribution in [1.29, 1.82) is 5.26 Å². The average molecular weight is 264 g/mol. The molecule has 0 bridgehead atoms. The molecule has 1 aliphatic heterocycles. The predicted octanol–water partition coefficient (Wildman–Crippen LogP) is 3.30. The van der Waals surface area contributed by atoms with E-state index in [9.17, 15) is 0 Å². The number of nitrogens with one attached hydrogen (secondary N) is 1. The highest BCUT2D eigenvalue weighted by Crippen LogP contribution is 2.23. The number of hydrogen-bond acceptors (Lipinski definition) is 4. The van der Waals surface area contributed by atoms with E-state index in [1.807, 2.05) is 6.07 Å². The average Bonchev–Trinajstić information content (AvgIpc) is 3.03. The first-order valence-corrected chi connectivity index (χ1v) is 6.83. The van der Waals surface area contributed by atoms with Crippen LogP contribution in [0.25, 0.3) is 0 Å². The summed E-state index contributed by atoms with van der Waals surface area (Å²) in [6.07, 6.45) is 4.14. The van der Waals surface area contributed by atoms with Crippen LogP contribution in [0, 0.1) is 11.3 Å². The van der Waals surface area contributed by atoms with Crippen molar-refractivity contribution >= 4 is 17.2 Å². The molecule has 0 atom stereocenters. The molecule has 1 aromatic heterocycles. The smallest absolute Gasteiger partial charge is 0.130 e. The zero-order valence-electron chi connectivity index (χ0n) is 11.2. The number of aromatic nitrogens is 1. The molecule has 4 heteroatoms. The summed E-state index contributed by atoms with van der Waals surface area (Å²) in [4.78, 5) is 6.61. The highest BCUT2D eigenvalue weighted by molar-refractivity contribution is 5.61. The van der Waals surface area contributed by atoms with Crippen molar-refractivity contribution in [3.8, 4) is 6.07 Å². The van der Waals surface area contributed by atoms with Crippen molar-refractivity contribution in [3.05, 3.63) is 48.2 Å². The van der Waals surface area contributed by atoms with Gasteiger partial charge in [0, 0.05) is 30.7 Å². The molecule has 1 aromatic carbocycles. The van der Waals surface area contributed by atoms with E-state index in [0.29, 0.717) is 5.56 Å². The van der Waals surface area contributed by atoms with Crippen molar-refractivity contribution in [2.45, 2.75) is 12.8 Å². The third-order valence-electron chi connectivity index (χ3n) is 3.50. The van der Waals surface area contributed by atoms with E-state index in [4.69, 9.17) is 5.26 Å². The minimum atomic E-state index is 0.569. The zero-order valence-corrected chi connectivity index (χ0v) is 11.2. The normalized spacial score (nSPS) is 14.1. The molecule has 1 saturated heterocycles. The summed E-state index contributed by atoms with van der Waals surface area (Å²) in [6.45, 7) is 2.31. The number of nitriles is 1. The fraction of sp³-hybridized carbons (Fsp3) is 0.250. The van der Waals surface area contributed by atoms with Crippen LogP contribution in [0.3, 0.4) is 0 Å². The molecule has 0 saturated carbocycles. The van der Waals surface area contributed by atoms with Crippen LogP contribution in [-0.4, -0.2) is 18.1 Å². The van der Waals surface area contributed by atoms with Crippen LogP contribution < -0.4 is 10.2 Å². The van der Waals surface area contributed by atoms with Crippen LogP contribution in [0.4, 0.5) is 17.2 Å². The summed E-state index contributed by atoms with van der Waals surface area (Å²) in [5.74, 6) is 0.748. The highest BCUT2D eigenvalue weighted by Gasteiger charge is 2.11. The highest BCUT2D eigenvalue weighted by atomic mass is 15.1. The number of rotatable bonds is 3. The van der Waals surface area contributed by atoms with Gasteiger partial charge in [-0.25, -0.2) is 4.98 Å². The van der Waals surface area contributed by atoms with Gasteiger partial charge in [-0.05, 0) is 49.2 Å². The van der Waals surface area contributed by atoms with E-state index >= 15 is 0 Å². The number of pyridine rings is 1. The van der Waals surface area contributed by atoms with Gasteiger partial charge in [0.25, 0.3) is 0 Å². The maximum Gasteiger partial charge on any atom is 0.130 e. The summed E-state index contributed by atoms with van der Waals surface area (Å²) in [5, 5.41) is 12.0. The fourth-order valence-corrected chi connectivity index (χ4v) is 2.41. The van der Waals surface area contributed by atoms with E-state index in [1.54, 1.807) is 12.3 Å². The standard InChI is InChI=1S/C16H16N4/c17-11-13-3-8-16(18-12-13)19-14-4-6-15(7-5-14)20-9-1-2-10-20/h3-8,12H,1-2,9-10H2,(H,18,19). The van der Waals surface area contributed by atoms with Crippen molar-refractivity contribution in [2.24, 2.45) is 0 Å². The molecule has 0 radical (unpaired) electrons. The van der Waals surface area contributed by atoms with Gasteiger partial charge in [-0.3, -0.25) is 0 Å². The lowest BCUT2D eigenvalue weighted by molar-refractivity contribution is 0.949. The molecule has 20 heavy (non-hydrogen) atoms. The molecule has 100 valence electrons. The Morgan fingerprint density at radius 3 is 2.40 bits per heavy atom. The fourth-order valence-electron chi connectivity index (χ4n) is 2.41. The Hall–Kier alpha value is -2.54. The van der Waals surface area contributed by atoms with Gasteiger partial charge in [0.2, 0.25) is 0 Å². The van der Waals surface area contributed by atoms with Gasteiger partial charge >= 0.3 is 0 Å². The Balaban J connectivity index is 1.69. The summed E-state index contributed by atoms with van der Waals surface area (Å²) in [5.41, 5.74) is 2.85. The predicted molar refractivity (Wildman–Crippen MR) is 80.1 cm³/mol. The second-order valence-corrected chi connectivity index (χ2v) is 4.91. The molecule has 1 N–H and O–H groups in total. The van der Waals surface area contributed by atoms with Crippen LogP contribution in [0.2, 0.25) is 0 Å². The lowest BCUT2D eigenvalue weighted by Crippen LogP contribution is -2.17. The molecule has 0 unspecified atom stereocenters. The first-order valence-electron chi connectivity index (χ1n) is 6.83. The van der Waals surface area contributed by atoms with Gasteiger partial charge in [-0.2, -0.15) is 5.26 Å². The minimum Gasteiger partial charge on any atom is -0.372 e. The largest absolute Gasteiger partial charge is 0.372 e. The van der Waals surface area contributed by atoms with E-state index < -0.39 is 0 Å². The zero-order chi connectivity index (χ0) is 13.8. The Kier molecular flexibility index (Phi) is 3.51. The van der Waals surface area contributed by atoms with E-state index in [1.165, 1.54) is 18.5 Å². The number of nitrogens with zero attached hydrogens (tertiary/aromatic N) is 3. The van der Waals surface area contributed by atoms with Gasteiger partial charge < -0.3 is 10.2 Å². The maximum atomic E-state index is 8.74. The number of anilines is 3. The van der Waals surface area contributed by atoms with Crippen molar-refractivity contribution in [3.63, 3.8) is 0 Å². The molecule has 3 rings (SSSR count). The molecule has 4 nitrogen and oxygen atoms in total.